The first kappa shape index (κ1) is 18.7. The van der Waals surface area contributed by atoms with Crippen LogP contribution in [0.2, 0.25) is 0 Å². The fraction of sp³-hybridized carbons (Fsp3) is 0.588. The highest BCUT2D eigenvalue weighted by molar-refractivity contribution is 6.06. The van der Waals surface area contributed by atoms with Gasteiger partial charge in [-0.15, -0.1) is 12.4 Å². The molecule has 0 atom stereocenters. The van der Waals surface area contributed by atoms with Gasteiger partial charge in [0.05, 0.1) is 16.6 Å². The van der Waals surface area contributed by atoms with E-state index in [1.807, 2.05) is 20.0 Å². The van der Waals surface area contributed by atoms with Crippen molar-refractivity contribution in [2.24, 2.45) is 11.1 Å². The molecule has 0 aliphatic heterocycles. The molecule has 132 valence electrons. The van der Waals surface area contributed by atoms with Crippen molar-refractivity contribution in [1.82, 2.24) is 15.0 Å². The number of nitrogens with two attached hydrogens (primary N) is 1. The molecule has 2 heterocycles. The van der Waals surface area contributed by atoms with Crippen molar-refractivity contribution >= 4 is 29.4 Å². The molecule has 24 heavy (non-hydrogen) atoms. The molecule has 1 fully saturated rings. The second kappa shape index (κ2) is 6.69. The Hall–Kier alpha value is -1.66. The highest BCUT2D eigenvalue weighted by Gasteiger charge is 2.30. The number of hydrogen-bond donors (Lipinski definition) is 1. The topological polar surface area (TPSA) is 85.2 Å². The molecule has 6 nitrogen and oxygen atoms in total. The Morgan fingerprint density at radius 3 is 2.71 bits per heavy atom. The van der Waals surface area contributed by atoms with Crippen molar-refractivity contribution in [3.05, 3.63) is 23.0 Å². The van der Waals surface area contributed by atoms with Gasteiger partial charge in [-0.2, -0.15) is 0 Å². The summed E-state index contributed by atoms with van der Waals surface area (Å²) in [5.41, 5.74) is 8.39. The molecule has 1 saturated carbocycles. The molecule has 3 rings (SSSR count). The zero-order chi connectivity index (χ0) is 16.8. The quantitative estimate of drug-likeness (QED) is 0.894. The normalized spacial score (nSPS) is 14.5. The maximum Gasteiger partial charge on any atom is 0.259 e. The number of halogens is 1. The van der Waals surface area contributed by atoms with E-state index in [0.717, 1.165) is 23.9 Å². The highest BCUT2D eigenvalue weighted by atomic mass is 35.5. The van der Waals surface area contributed by atoms with Crippen LogP contribution in [0.15, 0.2) is 10.6 Å². The van der Waals surface area contributed by atoms with Crippen LogP contribution in [0.1, 0.15) is 54.4 Å². The SMILES string of the molecule is Cc1noc2nc(C3CC3)cc(C(=O)N(C)CC(C)(C)CN)c12.Cl. The van der Waals surface area contributed by atoms with Crippen LogP contribution in [-0.4, -0.2) is 41.1 Å². The van der Waals surface area contributed by atoms with Crippen LogP contribution in [-0.2, 0) is 0 Å². The van der Waals surface area contributed by atoms with Gasteiger partial charge in [0.2, 0.25) is 0 Å². The number of rotatable bonds is 5. The van der Waals surface area contributed by atoms with Gasteiger partial charge >= 0.3 is 0 Å². The molecule has 1 aliphatic carbocycles. The van der Waals surface area contributed by atoms with Crippen molar-refractivity contribution in [1.29, 1.82) is 0 Å². The summed E-state index contributed by atoms with van der Waals surface area (Å²) in [6, 6.07) is 1.92. The molecule has 1 aliphatic rings. The van der Waals surface area contributed by atoms with Gasteiger partial charge in [0.25, 0.3) is 11.6 Å². The standard InChI is InChI=1S/C17H24N4O2.ClH/c1-10-14-12(16(22)21(4)9-17(2,3)8-18)7-13(11-5-6-11)19-15(14)23-20-10;/h7,11H,5-6,8-9,18H2,1-4H3;1H. The number of hydrogen-bond acceptors (Lipinski definition) is 5. The number of fused-ring (bicyclic) bond motifs is 1. The second-order valence-corrected chi connectivity index (χ2v) is 7.35. The first-order chi connectivity index (χ1) is 10.8. The van der Waals surface area contributed by atoms with E-state index >= 15 is 0 Å². The summed E-state index contributed by atoms with van der Waals surface area (Å²) < 4.78 is 5.31. The molecular formula is C17H25ClN4O2. The molecule has 0 aromatic carbocycles. The number of aryl methyl sites for hydroxylation is 1. The summed E-state index contributed by atoms with van der Waals surface area (Å²) in [5.74, 6) is 0.411. The minimum atomic E-state index is -0.125. The van der Waals surface area contributed by atoms with E-state index in [0.29, 0.717) is 36.0 Å². The predicted molar refractivity (Wildman–Crippen MR) is 95.6 cm³/mol. The third-order valence-corrected chi connectivity index (χ3v) is 4.43. The Morgan fingerprint density at radius 2 is 2.12 bits per heavy atom. The Morgan fingerprint density at radius 1 is 1.46 bits per heavy atom. The van der Waals surface area contributed by atoms with Gasteiger partial charge in [-0.05, 0) is 37.8 Å². The Labute approximate surface area is 148 Å². The molecular weight excluding hydrogens is 328 g/mol. The fourth-order valence-corrected chi connectivity index (χ4v) is 2.85. The van der Waals surface area contributed by atoms with Crippen LogP contribution in [0.3, 0.4) is 0 Å². The monoisotopic (exact) mass is 352 g/mol. The largest absolute Gasteiger partial charge is 0.341 e. The molecule has 0 unspecified atom stereocenters. The van der Waals surface area contributed by atoms with E-state index in [4.69, 9.17) is 10.3 Å². The highest BCUT2D eigenvalue weighted by Crippen LogP contribution is 2.40. The maximum atomic E-state index is 13.0. The van der Waals surface area contributed by atoms with Crippen LogP contribution in [0.5, 0.6) is 0 Å². The minimum absolute atomic E-state index is 0. The van der Waals surface area contributed by atoms with E-state index in [1.165, 1.54) is 0 Å². The van der Waals surface area contributed by atoms with Crippen LogP contribution < -0.4 is 5.73 Å². The molecule has 0 spiro atoms. The lowest BCUT2D eigenvalue weighted by Gasteiger charge is -2.29. The molecule has 2 aromatic rings. The number of aromatic nitrogens is 2. The lowest BCUT2D eigenvalue weighted by Crippen LogP contribution is -2.39. The molecule has 1 amide bonds. The molecule has 0 radical (unpaired) electrons. The molecule has 0 saturated heterocycles. The number of nitrogens with zero attached hydrogens (tertiary/aromatic N) is 3. The lowest BCUT2D eigenvalue weighted by atomic mass is 9.93. The molecule has 0 bridgehead atoms. The first-order valence-electron chi connectivity index (χ1n) is 8.05. The van der Waals surface area contributed by atoms with E-state index in [1.54, 1.807) is 4.90 Å². The summed E-state index contributed by atoms with van der Waals surface area (Å²) >= 11 is 0. The number of pyridine rings is 1. The summed E-state index contributed by atoms with van der Waals surface area (Å²) in [6.45, 7) is 7.06. The summed E-state index contributed by atoms with van der Waals surface area (Å²) in [6.07, 6.45) is 2.24. The predicted octanol–water partition coefficient (Wildman–Crippen LogP) is 2.89. The Balaban J connectivity index is 0.00000208. The zero-order valence-corrected chi connectivity index (χ0v) is 15.4. The smallest absolute Gasteiger partial charge is 0.259 e. The zero-order valence-electron chi connectivity index (χ0n) is 14.6. The van der Waals surface area contributed by atoms with Gasteiger partial charge in [0.15, 0.2) is 0 Å². The van der Waals surface area contributed by atoms with Crippen molar-refractivity contribution in [3.8, 4) is 0 Å². The van der Waals surface area contributed by atoms with Crippen molar-refractivity contribution < 1.29 is 9.32 Å². The first-order valence-corrected chi connectivity index (χ1v) is 8.05. The van der Waals surface area contributed by atoms with Gasteiger partial charge in [-0.3, -0.25) is 4.79 Å². The van der Waals surface area contributed by atoms with Crippen LogP contribution >= 0.6 is 12.4 Å². The minimum Gasteiger partial charge on any atom is -0.341 e. The lowest BCUT2D eigenvalue weighted by molar-refractivity contribution is 0.0742. The van der Waals surface area contributed by atoms with Gasteiger partial charge in [-0.1, -0.05) is 19.0 Å². The van der Waals surface area contributed by atoms with Crippen LogP contribution in [0.25, 0.3) is 11.1 Å². The maximum absolute atomic E-state index is 13.0. The van der Waals surface area contributed by atoms with Crippen LogP contribution in [0.4, 0.5) is 0 Å². The van der Waals surface area contributed by atoms with Crippen molar-refractivity contribution in [3.63, 3.8) is 0 Å². The molecule has 2 N–H and O–H groups in total. The van der Waals surface area contributed by atoms with Crippen LogP contribution in [0, 0.1) is 12.3 Å². The third-order valence-electron chi connectivity index (χ3n) is 4.43. The van der Waals surface area contributed by atoms with Crippen molar-refractivity contribution in [2.75, 3.05) is 20.1 Å². The number of carbonyl (C=O) groups excluding carboxylic acids is 1. The van der Waals surface area contributed by atoms with Gasteiger partial charge in [0, 0.05) is 25.2 Å². The van der Waals surface area contributed by atoms with E-state index < -0.39 is 0 Å². The van der Waals surface area contributed by atoms with Gasteiger partial charge < -0.3 is 15.2 Å². The van der Waals surface area contributed by atoms with Gasteiger partial charge in [0.1, 0.15) is 0 Å². The average Bonchev–Trinajstić information content (AvgIpc) is 3.30. The third kappa shape index (κ3) is 3.54. The fourth-order valence-electron chi connectivity index (χ4n) is 2.85. The van der Waals surface area contributed by atoms with E-state index in [-0.39, 0.29) is 23.7 Å². The summed E-state index contributed by atoms with van der Waals surface area (Å²) in [7, 11) is 1.81. The second-order valence-electron chi connectivity index (χ2n) is 7.35. The number of carbonyl (C=O) groups is 1. The summed E-state index contributed by atoms with van der Waals surface area (Å²) in [5, 5.41) is 4.70. The Bertz CT molecular complexity index is 752. The van der Waals surface area contributed by atoms with Crippen molar-refractivity contribution in [2.45, 2.75) is 39.5 Å². The molecule has 7 heteroatoms. The van der Waals surface area contributed by atoms with E-state index in [2.05, 4.69) is 24.0 Å². The molecule has 2 aromatic heterocycles. The number of amides is 1. The Kier molecular flexibility index (Phi) is 5.20. The summed E-state index contributed by atoms with van der Waals surface area (Å²) in [4.78, 5) is 19.2. The van der Waals surface area contributed by atoms with E-state index in [9.17, 15) is 4.79 Å². The average molecular weight is 353 g/mol. The van der Waals surface area contributed by atoms with Gasteiger partial charge in [-0.25, -0.2) is 4.98 Å².